The molecule has 15 heavy (non-hydrogen) atoms. The molecule has 1 saturated heterocycles. The van der Waals surface area contributed by atoms with Gasteiger partial charge in [0.05, 0.1) is 0 Å². The number of Topliss-reactive ketones (excluding diaryl/α,β-unsaturated/α-hetero) is 1. The number of ketones is 1. The van der Waals surface area contributed by atoms with E-state index in [-0.39, 0.29) is 11.9 Å². The minimum Gasteiger partial charge on any atom is -0.435 e. The number of carbonyl (C=O) groups is 2. The molecule has 1 aliphatic heterocycles. The van der Waals surface area contributed by atoms with Gasteiger partial charge in [-0.25, -0.2) is 4.79 Å². The van der Waals surface area contributed by atoms with Crippen LogP contribution in [0.15, 0.2) is 0 Å². The summed E-state index contributed by atoms with van der Waals surface area (Å²) in [6.45, 7) is 6.47. The molecule has 86 valence electrons. The molecule has 1 unspecified atom stereocenters. The Hall–Kier alpha value is -1.06. The van der Waals surface area contributed by atoms with Crippen molar-refractivity contribution >= 4 is 11.9 Å². The third kappa shape index (κ3) is 2.70. The molecule has 0 aromatic carbocycles. The molecule has 0 aliphatic carbocycles. The second-order valence-electron chi connectivity index (χ2n) is 4.20. The van der Waals surface area contributed by atoms with Gasteiger partial charge < -0.3 is 9.64 Å². The molecule has 4 nitrogen and oxygen atoms in total. The summed E-state index contributed by atoms with van der Waals surface area (Å²) in [5, 5.41) is 0. The topological polar surface area (TPSA) is 46.6 Å². The minimum atomic E-state index is -0.959. The fraction of sp³-hybridized carbons (Fsp3) is 0.818. The molecule has 0 bridgehead atoms. The minimum absolute atomic E-state index is 0.0995. The largest absolute Gasteiger partial charge is 0.435 e. The van der Waals surface area contributed by atoms with Gasteiger partial charge in [0, 0.05) is 13.1 Å². The summed E-state index contributed by atoms with van der Waals surface area (Å²) < 4.78 is 5.27. The van der Waals surface area contributed by atoms with Gasteiger partial charge in [-0.1, -0.05) is 6.92 Å². The zero-order chi connectivity index (χ0) is 11.5. The fourth-order valence-electron chi connectivity index (χ4n) is 1.55. The summed E-state index contributed by atoms with van der Waals surface area (Å²) in [4.78, 5) is 24.7. The van der Waals surface area contributed by atoms with Crippen LogP contribution in [0.5, 0.6) is 0 Å². The van der Waals surface area contributed by atoms with Gasteiger partial charge in [0.25, 0.3) is 0 Å². The van der Waals surface area contributed by atoms with Crippen molar-refractivity contribution in [2.24, 2.45) is 0 Å². The molecule has 1 fully saturated rings. The van der Waals surface area contributed by atoms with Crippen LogP contribution >= 0.6 is 0 Å². The highest BCUT2D eigenvalue weighted by Gasteiger charge is 2.34. The Balaban J connectivity index is 2.58. The fourth-order valence-corrected chi connectivity index (χ4v) is 1.55. The van der Waals surface area contributed by atoms with Crippen LogP contribution < -0.4 is 0 Å². The molecular weight excluding hydrogens is 194 g/mol. The first-order valence-corrected chi connectivity index (χ1v) is 5.48. The normalized spacial score (nSPS) is 19.8. The number of ether oxygens (including phenoxy) is 1. The average molecular weight is 213 g/mol. The van der Waals surface area contributed by atoms with E-state index in [0.29, 0.717) is 6.42 Å². The van der Waals surface area contributed by atoms with Crippen LogP contribution in [0.2, 0.25) is 0 Å². The molecule has 0 spiro atoms. The smallest absolute Gasteiger partial charge is 0.410 e. The van der Waals surface area contributed by atoms with E-state index in [1.807, 2.05) is 6.92 Å². The molecule has 1 aliphatic rings. The zero-order valence-electron chi connectivity index (χ0n) is 9.71. The first-order chi connectivity index (χ1) is 6.99. The van der Waals surface area contributed by atoms with Gasteiger partial charge in [0.2, 0.25) is 0 Å². The lowest BCUT2D eigenvalue weighted by Crippen LogP contribution is -2.42. The number of hydrogen-bond acceptors (Lipinski definition) is 3. The third-order valence-electron chi connectivity index (χ3n) is 3.10. The Labute approximate surface area is 90.6 Å². The van der Waals surface area contributed by atoms with E-state index in [0.717, 1.165) is 25.9 Å². The first-order valence-electron chi connectivity index (χ1n) is 5.48. The van der Waals surface area contributed by atoms with Crippen LogP contribution in [0.3, 0.4) is 0 Å². The van der Waals surface area contributed by atoms with Gasteiger partial charge in [-0.2, -0.15) is 0 Å². The van der Waals surface area contributed by atoms with E-state index in [4.69, 9.17) is 4.74 Å². The monoisotopic (exact) mass is 213 g/mol. The molecule has 1 amide bonds. The number of hydrogen-bond donors (Lipinski definition) is 0. The van der Waals surface area contributed by atoms with E-state index in [9.17, 15) is 9.59 Å². The number of carbonyl (C=O) groups excluding carboxylic acids is 2. The van der Waals surface area contributed by atoms with Crippen molar-refractivity contribution in [3.63, 3.8) is 0 Å². The van der Waals surface area contributed by atoms with Crippen molar-refractivity contribution in [1.82, 2.24) is 4.90 Å². The molecule has 0 aromatic heterocycles. The van der Waals surface area contributed by atoms with Gasteiger partial charge in [0.1, 0.15) is 0 Å². The molecular formula is C11H19NO3. The van der Waals surface area contributed by atoms with Gasteiger partial charge in [0.15, 0.2) is 11.4 Å². The molecule has 0 radical (unpaired) electrons. The van der Waals surface area contributed by atoms with Gasteiger partial charge in [-0.15, -0.1) is 0 Å². The molecule has 0 N–H and O–H groups in total. The van der Waals surface area contributed by atoms with Crippen LogP contribution in [-0.4, -0.2) is 35.5 Å². The van der Waals surface area contributed by atoms with Crippen molar-refractivity contribution in [3.05, 3.63) is 0 Å². The maximum atomic E-state index is 11.7. The number of rotatable bonds is 3. The third-order valence-corrected chi connectivity index (χ3v) is 3.10. The Bertz CT molecular complexity index is 259. The van der Waals surface area contributed by atoms with Crippen molar-refractivity contribution in [2.75, 3.05) is 13.1 Å². The van der Waals surface area contributed by atoms with Crippen LogP contribution in [0.25, 0.3) is 0 Å². The van der Waals surface area contributed by atoms with E-state index in [2.05, 4.69) is 0 Å². The Kier molecular flexibility index (Phi) is 3.72. The number of nitrogens with zero attached hydrogens (tertiary/aromatic N) is 1. The highest BCUT2D eigenvalue weighted by atomic mass is 16.6. The summed E-state index contributed by atoms with van der Waals surface area (Å²) in [7, 11) is 0. The molecule has 0 aromatic rings. The molecule has 4 heteroatoms. The summed E-state index contributed by atoms with van der Waals surface area (Å²) in [6, 6.07) is 0. The van der Waals surface area contributed by atoms with Crippen LogP contribution in [0.1, 0.15) is 40.0 Å². The van der Waals surface area contributed by atoms with Crippen molar-refractivity contribution in [2.45, 2.75) is 45.6 Å². The van der Waals surface area contributed by atoms with E-state index >= 15 is 0 Å². The van der Waals surface area contributed by atoms with Gasteiger partial charge >= 0.3 is 6.09 Å². The Morgan fingerprint density at radius 2 is 1.87 bits per heavy atom. The number of amides is 1. The van der Waals surface area contributed by atoms with E-state index in [1.165, 1.54) is 6.92 Å². The van der Waals surface area contributed by atoms with Gasteiger partial charge in [-0.05, 0) is 33.1 Å². The molecule has 1 atom stereocenters. The van der Waals surface area contributed by atoms with Crippen LogP contribution in [0, 0.1) is 0 Å². The summed E-state index contributed by atoms with van der Waals surface area (Å²) in [5.41, 5.74) is -0.959. The summed E-state index contributed by atoms with van der Waals surface area (Å²) >= 11 is 0. The van der Waals surface area contributed by atoms with E-state index < -0.39 is 5.60 Å². The lowest BCUT2D eigenvalue weighted by molar-refractivity contribution is -0.134. The second-order valence-corrected chi connectivity index (χ2v) is 4.20. The molecule has 0 saturated carbocycles. The van der Waals surface area contributed by atoms with Crippen molar-refractivity contribution < 1.29 is 14.3 Å². The highest BCUT2D eigenvalue weighted by molar-refractivity contribution is 5.87. The standard InChI is InChI=1S/C11H19NO3/c1-4-11(3,9(2)13)15-10(14)12-7-5-6-8-12/h4-8H2,1-3H3. The molecule has 1 rings (SSSR count). The average Bonchev–Trinajstić information content (AvgIpc) is 2.70. The SMILES string of the molecule is CCC(C)(OC(=O)N1CCCC1)C(C)=O. The van der Waals surface area contributed by atoms with Gasteiger partial charge in [-0.3, -0.25) is 4.79 Å². The quantitative estimate of drug-likeness (QED) is 0.720. The van der Waals surface area contributed by atoms with E-state index in [1.54, 1.807) is 11.8 Å². The Morgan fingerprint density at radius 1 is 1.33 bits per heavy atom. The number of likely N-dealkylation sites (tertiary alicyclic amines) is 1. The predicted molar refractivity (Wildman–Crippen MR) is 56.7 cm³/mol. The lowest BCUT2D eigenvalue weighted by atomic mass is 9.99. The predicted octanol–water partition coefficient (Wildman–Crippen LogP) is 1.98. The first kappa shape index (κ1) is 12.0. The lowest BCUT2D eigenvalue weighted by Gasteiger charge is -2.28. The van der Waals surface area contributed by atoms with Crippen molar-refractivity contribution in [1.29, 1.82) is 0 Å². The highest BCUT2D eigenvalue weighted by Crippen LogP contribution is 2.19. The van der Waals surface area contributed by atoms with Crippen LogP contribution in [0.4, 0.5) is 4.79 Å². The van der Waals surface area contributed by atoms with Crippen molar-refractivity contribution in [3.8, 4) is 0 Å². The van der Waals surface area contributed by atoms with Crippen LogP contribution in [-0.2, 0) is 9.53 Å². The Morgan fingerprint density at radius 3 is 2.27 bits per heavy atom. The maximum absolute atomic E-state index is 11.7. The summed E-state index contributed by atoms with van der Waals surface area (Å²) in [5.74, 6) is -0.0995. The maximum Gasteiger partial charge on any atom is 0.410 e. The summed E-state index contributed by atoms with van der Waals surface area (Å²) in [6.07, 6.45) is 2.21. The second kappa shape index (κ2) is 4.64. The zero-order valence-corrected chi connectivity index (χ0v) is 9.71. The molecule has 1 heterocycles.